The van der Waals surface area contributed by atoms with E-state index in [1.807, 2.05) is 109 Å². The lowest BCUT2D eigenvalue weighted by molar-refractivity contribution is 0.590. The highest BCUT2D eigenvalue weighted by molar-refractivity contribution is 7.25. The highest BCUT2D eigenvalue weighted by atomic mass is 32.1. The molecule has 6 heteroatoms. The van der Waals surface area contributed by atoms with Gasteiger partial charge in [0.25, 0.3) is 6.71 Å². The lowest BCUT2D eigenvalue weighted by Crippen LogP contribution is -2.61. The van der Waals surface area contributed by atoms with Crippen molar-refractivity contribution in [2.45, 2.75) is 26.2 Å². The van der Waals surface area contributed by atoms with Crippen LogP contribution in [0.3, 0.4) is 0 Å². The summed E-state index contributed by atoms with van der Waals surface area (Å²) in [5.41, 5.74) is 21.3. The van der Waals surface area contributed by atoms with Crippen molar-refractivity contribution in [1.82, 2.24) is 9.13 Å². The number of hydrogen-bond donors (Lipinski definition) is 0. The summed E-state index contributed by atoms with van der Waals surface area (Å²) in [6.07, 6.45) is 0. The van der Waals surface area contributed by atoms with Crippen LogP contribution in [0.4, 0.5) is 34.1 Å². The largest absolute Gasteiger partial charge is 0.310 e. The standard InChI is InChI=1S/C106H71BN4S/c1-106(2,3)78-62-99-103-100(63-78)111-98-65-80(109-95-44-22-18-40-83(95)84-41-19-23-45-96(84)109)49-51-92(98)107(103)91-50-48-79(108-93-42-20-16-38-81(93)82-39-17-21-43-94(82)108)64-97(91)110(99)104-85(68-30-12-6-13-31-68)58-76(66-26-8-4-9-27-66)60-87(104)74-36-24-34-70(54-74)72-46-52-101-89(56-72)90-57-73(47-53-102(90)112-101)71-35-25-37-75(55-71)88-61-77(67-28-10-5-11-29-67)59-86(105(88)111)69-32-14-7-15-33-69/h4-65H,1-3H3/i16D,17D,18D,19D,20D,21D,22D,23D,38D,39D,40D,41D,42D,43D,44D,45D. The van der Waals surface area contributed by atoms with E-state index in [0.29, 0.717) is 22.7 Å². The first kappa shape index (κ1) is 50.0. The molecule has 23 rings (SSSR count). The van der Waals surface area contributed by atoms with Gasteiger partial charge in [0.1, 0.15) is 0 Å². The van der Waals surface area contributed by atoms with Crippen molar-refractivity contribution in [3.05, 3.63) is 381 Å². The van der Waals surface area contributed by atoms with Gasteiger partial charge in [-0.3, -0.25) is 0 Å². The number of hydrogen-bond acceptors (Lipinski definition) is 3. The molecule has 4 nitrogen and oxygen atoms in total. The molecule has 6 heterocycles. The Balaban J connectivity index is 0.956. The van der Waals surface area contributed by atoms with E-state index in [0.717, 1.165) is 154 Å². The van der Waals surface area contributed by atoms with Gasteiger partial charge in [0.05, 0.1) is 55.4 Å². The molecule has 0 N–H and O–H groups in total. The van der Waals surface area contributed by atoms with Crippen LogP contribution in [0.2, 0.25) is 0 Å². The fourth-order valence-electron chi connectivity index (χ4n) is 17.8. The molecule has 0 aliphatic carbocycles. The minimum Gasteiger partial charge on any atom is -0.310 e. The van der Waals surface area contributed by atoms with Gasteiger partial charge in [-0.2, -0.15) is 0 Å². The predicted octanol–water partition coefficient (Wildman–Crippen LogP) is 27.3. The monoisotopic (exact) mass is 1460 g/mol. The fraction of sp³-hybridized carbons (Fsp3) is 0.0377. The number of thiophene rings is 1. The average molecular weight is 1460 g/mol. The van der Waals surface area contributed by atoms with Gasteiger partial charge >= 0.3 is 0 Å². The zero-order valence-corrected chi connectivity index (χ0v) is 61.6. The summed E-state index contributed by atoms with van der Waals surface area (Å²) in [7, 11) is 0. The predicted molar refractivity (Wildman–Crippen MR) is 478 cm³/mol. The van der Waals surface area contributed by atoms with Crippen LogP contribution in [0, 0.1) is 0 Å². The fourth-order valence-corrected chi connectivity index (χ4v) is 18.9. The average Bonchev–Trinajstić information content (AvgIpc) is 1.42. The topological polar surface area (TPSA) is 16.3 Å². The minimum absolute atomic E-state index is 0.0586. The van der Waals surface area contributed by atoms with E-state index in [4.69, 9.17) is 0 Å². The van der Waals surface area contributed by atoms with E-state index >= 15 is 0 Å². The molecule has 17 aromatic carbocycles. The van der Waals surface area contributed by atoms with Gasteiger partial charge in [-0.1, -0.05) is 275 Å². The maximum absolute atomic E-state index is 10.0. The molecule has 0 saturated carbocycles. The van der Waals surface area contributed by atoms with Gasteiger partial charge in [-0.15, -0.1) is 11.3 Å². The molecular weight excluding hydrogens is 1370 g/mol. The third-order valence-electron chi connectivity index (χ3n) is 23.0. The molecule has 0 amide bonds. The second-order valence-electron chi connectivity index (χ2n) is 30.3. The Morgan fingerprint density at radius 2 is 0.616 bits per heavy atom. The molecule has 0 spiro atoms. The van der Waals surface area contributed by atoms with Crippen molar-refractivity contribution in [1.29, 1.82) is 0 Å². The van der Waals surface area contributed by atoms with Gasteiger partial charge in [0.2, 0.25) is 0 Å². The van der Waals surface area contributed by atoms with Crippen LogP contribution in [0.5, 0.6) is 0 Å². The van der Waals surface area contributed by atoms with Gasteiger partial charge in [0, 0.05) is 98.1 Å². The summed E-state index contributed by atoms with van der Waals surface area (Å²) in [4.78, 5) is 4.73. The Bertz CT molecular complexity index is 7710. The maximum atomic E-state index is 10.0. The molecule has 0 fully saturated rings. The summed E-state index contributed by atoms with van der Waals surface area (Å²) < 4.78 is 159. The Kier molecular flexibility index (Phi) is 11.1. The lowest BCUT2D eigenvalue weighted by atomic mass is 9.33. The number of fused-ring (bicyclic) bond motifs is 26. The normalized spacial score (nSPS) is 14.7. The molecule has 3 aliphatic rings. The van der Waals surface area contributed by atoms with Crippen LogP contribution in [-0.2, 0) is 5.41 Å². The molecule has 112 heavy (non-hydrogen) atoms. The van der Waals surface area contributed by atoms with Crippen LogP contribution in [0.15, 0.2) is 376 Å². The summed E-state index contributed by atoms with van der Waals surface area (Å²) >= 11 is 1.75. The minimum atomic E-state index is -0.811. The second-order valence-corrected chi connectivity index (χ2v) is 31.4. The van der Waals surface area contributed by atoms with Gasteiger partial charge in [-0.25, -0.2) is 0 Å². The van der Waals surface area contributed by atoms with E-state index in [-0.39, 0.29) is 43.6 Å². The van der Waals surface area contributed by atoms with Gasteiger partial charge < -0.3 is 18.9 Å². The molecule has 0 atom stereocenters. The highest BCUT2D eigenvalue weighted by Gasteiger charge is 2.47. The van der Waals surface area contributed by atoms with Crippen LogP contribution in [0.1, 0.15) is 48.3 Å². The molecule has 20 aromatic rings. The maximum Gasteiger partial charge on any atom is 0.252 e. The van der Waals surface area contributed by atoms with E-state index in [1.54, 1.807) is 20.5 Å². The van der Waals surface area contributed by atoms with Crippen molar-refractivity contribution in [3.63, 3.8) is 0 Å². The van der Waals surface area contributed by atoms with Crippen molar-refractivity contribution >= 4 is 132 Å². The van der Waals surface area contributed by atoms with Crippen LogP contribution < -0.4 is 26.2 Å². The van der Waals surface area contributed by atoms with Crippen LogP contribution in [-0.4, -0.2) is 15.8 Å². The zero-order chi connectivity index (χ0) is 88.0. The molecule has 0 unspecified atom stereocenters. The molecular formula is C106H71BN4S. The third kappa shape index (κ3) is 9.94. The lowest BCUT2D eigenvalue weighted by Gasteiger charge is -2.46. The Morgan fingerprint density at radius 3 is 1.00 bits per heavy atom. The quantitative estimate of drug-likeness (QED) is 0.154. The van der Waals surface area contributed by atoms with Crippen LogP contribution in [0.25, 0.3) is 164 Å². The second kappa shape index (κ2) is 24.9. The SMILES string of the molecule is [2H]c1c([2H])c([2H])c2c(c1[2H])c1c([2H])c([2H])c([2H])c([2H])c1n2-c1ccc2c(c1)N1c3cc(C(C)(C)C)cc4c3B2c2ccc(-n3c5c([2H])c([2H])c([2H])c([2H])c5c5c([2H])c([2H])c([2H])c([2H])c53)cc2N4c2c(-c3ccccc3)cc(-c3ccccc3)cc2-c2cccc(c2)-c2ccc3sc4ccc(cc4c3c2)-c2cccc(c2)-c2cc(-c3ccccc3)cc(-c3ccccc3)c21. The summed E-state index contributed by atoms with van der Waals surface area (Å²) in [6.45, 7) is 5.76. The van der Waals surface area contributed by atoms with E-state index in [9.17, 15) is 21.9 Å². The highest BCUT2D eigenvalue weighted by Crippen LogP contribution is 2.57. The molecule has 0 saturated heterocycles. The number of aromatic nitrogens is 2. The first-order chi connectivity index (χ1) is 61.8. The first-order valence-corrected chi connectivity index (χ1v) is 38.5. The molecule has 0 radical (unpaired) electrons. The summed E-state index contributed by atoms with van der Waals surface area (Å²) in [5.74, 6) is 0. The van der Waals surface area contributed by atoms with E-state index in [1.165, 1.54) is 0 Å². The Morgan fingerprint density at radius 1 is 0.277 bits per heavy atom. The van der Waals surface area contributed by atoms with Crippen LogP contribution >= 0.6 is 11.3 Å². The summed E-state index contributed by atoms with van der Waals surface area (Å²) in [6, 6.07) is 89.5. The van der Waals surface area contributed by atoms with E-state index in [2.05, 4.69) is 200 Å². The Hall–Kier alpha value is -13.8. The molecule has 524 valence electrons. The summed E-state index contributed by atoms with van der Waals surface area (Å²) in [5, 5.41) is 1.88. The number of benzene rings is 17. The van der Waals surface area contributed by atoms with Crippen molar-refractivity contribution in [2.24, 2.45) is 0 Å². The van der Waals surface area contributed by atoms with Crippen molar-refractivity contribution < 1.29 is 21.9 Å². The third-order valence-corrected chi connectivity index (χ3v) is 24.2. The van der Waals surface area contributed by atoms with Crippen molar-refractivity contribution in [3.8, 4) is 100 Å². The first-order valence-electron chi connectivity index (χ1n) is 45.7. The van der Waals surface area contributed by atoms with Crippen molar-refractivity contribution in [2.75, 3.05) is 9.80 Å². The van der Waals surface area contributed by atoms with Gasteiger partial charge in [0.15, 0.2) is 0 Å². The van der Waals surface area contributed by atoms with Gasteiger partial charge in [-0.05, 0) is 215 Å². The smallest absolute Gasteiger partial charge is 0.252 e. The molecule has 3 aliphatic heterocycles. The van der Waals surface area contributed by atoms with E-state index < -0.39 is 109 Å². The zero-order valence-electron chi connectivity index (χ0n) is 76.8. The Labute approximate surface area is 677 Å². The molecule has 3 aromatic heterocycles. The number of anilines is 6. The molecule has 13 bridgehead atoms. The number of para-hydroxylation sites is 4. The number of nitrogens with zero attached hydrogens (tertiary/aromatic N) is 4. The number of rotatable bonds is 6.